The summed E-state index contributed by atoms with van der Waals surface area (Å²) in [5.74, 6) is -0.142. The Morgan fingerprint density at radius 2 is 2.11 bits per heavy atom. The number of likely N-dealkylation sites (N-methyl/N-ethyl adjacent to an activating group) is 1. The lowest BCUT2D eigenvalue weighted by molar-refractivity contribution is -0.470. The molecule has 1 saturated heterocycles. The van der Waals surface area contributed by atoms with Gasteiger partial charge in [-0.3, -0.25) is 4.79 Å². The van der Waals surface area contributed by atoms with Crippen LogP contribution in [0.4, 0.5) is 0 Å². The van der Waals surface area contributed by atoms with Crippen molar-refractivity contribution in [2.45, 2.75) is 38.5 Å². The summed E-state index contributed by atoms with van der Waals surface area (Å²) < 4.78 is 18.5. The van der Waals surface area contributed by atoms with Crippen LogP contribution in [0.1, 0.15) is 19.8 Å². The zero-order chi connectivity index (χ0) is 14.4. The SMILES string of the molecule is CCCCB1O[C@@H](OC=[N+](C)C)[C@H](C(=O)N(C)C)O1. The summed E-state index contributed by atoms with van der Waals surface area (Å²) in [6.45, 7) is 2.10. The standard InChI is InChI=1S/C12H24BN2O4/c1-6-7-8-13-18-10(11(16)15(4)5)12(19-13)17-9-14(2)3/h9-10,12H,6-8H2,1-5H3/q+1/t10-,12+/m0/s1. The fourth-order valence-electron chi connectivity index (χ4n) is 1.70. The van der Waals surface area contributed by atoms with Gasteiger partial charge in [-0.05, 0) is 6.32 Å². The second-order valence-corrected chi connectivity index (χ2v) is 5.07. The van der Waals surface area contributed by atoms with E-state index in [2.05, 4.69) is 6.92 Å². The molecular weight excluding hydrogens is 247 g/mol. The molecule has 108 valence electrons. The van der Waals surface area contributed by atoms with E-state index in [1.165, 1.54) is 11.3 Å². The average molecular weight is 271 g/mol. The normalized spacial score (nSPS) is 22.3. The van der Waals surface area contributed by atoms with Crippen LogP contribution in [0.15, 0.2) is 0 Å². The number of ether oxygens (including phenoxy) is 1. The maximum absolute atomic E-state index is 12.0. The lowest BCUT2D eigenvalue weighted by Crippen LogP contribution is -2.41. The van der Waals surface area contributed by atoms with Gasteiger partial charge in [-0.25, -0.2) is 4.58 Å². The van der Waals surface area contributed by atoms with Gasteiger partial charge >= 0.3 is 13.5 Å². The van der Waals surface area contributed by atoms with Crippen molar-refractivity contribution in [2.75, 3.05) is 28.2 Å². The molecule has 1 aliphatic heterocycles. The molecule has 19 heavy (non-hydrogen) atoms. The predicted molar refractivity (Wildman–Crippen MR) is 73.2 cm³/mol. The summed E-state index contributed by atoms with van der Waals surface area (Å²) in [6, 6.07) is 0. The van der Waals surface area contributed by atoms with Crippen molar-refractivity contribution < 1.29 is 23.4 Å². The minimum atomic E-state index is -0.701. The largest absolute Gasteiger partial charge is 0.460 e. The molecule has 0 aromatic rings. The number of rotatable bonds is 6. The van der Waals surface area contributed by atoms with Crippen LogP contribution in [0.25, 0.3) is 0 Å². The van der Waals surface area contributed by atoms with E-state index in [1.54, 1.807) is 18.7 Å². The molecular formula is C12H24BN2O4+. The average Bonchev–Trinajstić information content (AvgIpc) is 2.75. The van der Waals surface area contributed by atoms with Gasteiger partial charge in [-0.2, -0.15) is 0 Å². The molecule has 0 N–H and O–H groups in total. The van der Waals surface area contributed by atoms with Crippen molar-refractivity contribution in [3.8, 4) is 0 Å². The van der Waals surface area contributed by atoms with Crippen LogP contribution in [0.3, 0.4) is 0 Å². The topological polar surface area (TPSA) is 51.0 Å². The van der Waals surface area contributed by atoms with Crippen LogP contribution in [0.2, 0.25) is 6.32 Å². The number of carbonyl (C=O) groups is 1. The van der Waals surface area contributed by atoms with Crippen molar-refractivity contribution >= 4 is 19.4 Å². The first-order valence-corrected chi connectivity index (χ1v) is 6.63. The van der Waals surface area contributed by atoms with E-state index in [0.717, 1.165) is 19.2 Å². The van der Waals surface area contributed by atoms with Crippen LogP contribution < -0.4 is 0 Å². The minimum absolute atomic E-state index is 0.142. The molecule has 1 rings (SSSR count). The molecule has 7 heteroatoms. The Hall–Kier alpha value is -1.08. The maximum Gasteiger partial charge on any atom is 0.460 e. The number of nitrogens with zero attached hydrogens (tertiary/aromatic N) is 2. The van der Waals surface area contributed by atoms with Crippen molar-refractivity contribution in [3.05, 3.63) is 0 Å². The fourth-order valence-corrected chi connectivity index (χ4v) is 1.70. The molecule has 0 spiro atoms. The molecule has 1 heterocycles. The maximum atomic E-state index is 12.0. The Kier molecular flexibility index (Phi) is 6.31. The van der Waals surface area contributed by atoms with Crippen molar-refractivity contribution in [2.24, 2.45) is 0 Å². The quantitative estimate of drug-likeness (QED) is 0.304. The highest BCUT2D eigenvalue weighted by Crippen LogP contribution is 2.22. The second-order valence-electron chi connectivity index (χ2n) is 5.07. The molecule has 0 aromatic carbocycles. The van der Waals surface area contributed by atoms with Crippen LogP contribution in [0, 0.1) is 0 Å². The first kappa shape index (κ1) is 16.0. The van der Waals surface area contributed by atoms with E-state index in [4.69, 9.17) is 14.0 Å². The third kappa shape index (κ3) is 4.83. The van der Waals surface area contributed by atoms with Gasteiger partial charge in [0.25, 0.3) is 5.91 Å². The monoisotopic (exact) mass is 271 g/mol. The molecule has 0 unspecified atom stereocenters. The first-order chi connectivity index (χ1) is 8.95. The molecule has 1 amide bonds. The number of carbonyl (C=O) groups excluding carboxylic acids is 1. The number of hydrogen-bond acceptors (Lipinski definition) is 4. The van der Waals surface area contributed by atoms with Crippen LogP contribution in [0.5, 0.6) is 0 Å². The van der Waals surface area contributed by atoms with Gasteiger partial charge in [0.15, 0.2) is 6.10 Å². The summed E-state index contributed by atoms with van der Waals surface area (Å²) in [5, 5.41) is 0. The third-order valence-electron chi connectivity index (χ3n) is 2.71. The summed E-state index contributed by atoms with van der Waals surface area (Å²) in [5.41, 5.74) is 0. The van der Waals surface area contributed by atoms with E-state index in [1.807, 2.05) is 14.1 Å². The molecule has 1 aliphatic rings. The van der Waals surface area contributed by atoms with Crippen molar-refractivity contribution in [1.29, 1.82) is 0 Å². The molecule has 0 aromatic heterocycles. The zero-order valence-electron chi connectivity index (χ0n) is 12.5. The second kappa shape index (κ2) is 7.50. The van der Waals surface area contributed by atoms with Gasteiger partial charge in [0.1, 0.15) is 14.1 Å². The van der Waals surface area contributed by atoms with E-state index in [0.29, 0.717) is 0 Å². The Morgan fingerprint density at radius 1 is 1.42 bits per heavy atom. The summed E-state index contributed by atoms with van der Waals surface area (Å²) >= 11 is 0. The molecule has 0 saturated carbocycles. The summed E-state index contributed by atoms with van der Waals surface area (Å²) in [6.07, 6.45) is 2.97. The Balaban J connectivity index is 2.67. The van der Waals surface area contributed by atoms with E-state index >= 15 is 0 Å². The number of amides is 1. The van der Waals surface area contributed by atoms with Crippen molar-refractivity contribution in [1.82, 2.24) is 4.90 Å². The molecule has 1 fully saturated rings. The number of unbranched alkanes of at least 4 members (excludes halogenated alkanes) is 1. The predicted octanol–water partition coefficient (Wildman–Crippen LogP) is 0.421. The van der Waals surface area contributed by atoms with E-state index < -0.39 is 12.4 Å². The smallest absolute Gasteiger partial charge is 0.418 e. The lowest BCUT2D eigenvalue weighted by Gasteiger charge is -2.19. The van der Waals surface area contributed by atoms with Gasteiger partial charge in [-0.1, -0.05) is 19.8 Å². The Bertz CT molecular complexity index is 332. The number of hydrogen-bond donors (Lipinski definition) is 0. The molecule has 2 atom stereocenters. The van der Waals surface area contributed by atoms with Gasteiger partial charge in [-0.15, -0.1) is 0 Å². The highest BCUT2D eigenvalue weighted by Gasteiger charge is 2.45. The van der Waals surface area contributed by atoms with Gasteiger partial charge in [0, 0.05) is 14.1 Å². The van der Waals surface area contributed by atoms with Gasteiger partial charge < -0.3 is 18.9 Å². The molecule has 0 bridgehead atoms. The Labute approximate surface area is 115 Å². The first-order valence-electron chi connectivity index (χ1n) is 6.63. The summed E-state index contributed by atoms with van der Waals surface area (Å²) in [4.78, 5) is 13.5. The summed E-state index contributed by atoms with van der Waals surface area (Å²) in [7, 11) is 6.70. The van der Waals surface area contributed by atoms with Crippen LogP contribution in [-0.4, -0.2) is 69.5 Å². The van der Waals surface area contributed by atoms with Gasteiger partial charge in [0.05, 0.1) is 0 Å². The minimum Gasteiger partial charge on any atom is -0.418 e. The third-order valence-corrected chi connectivity index (χ3v) is 2.71. The Morgan fingerprint density at radius 3 is 2.63 bits per heavy atom. The molecule has 6 nitrogen and oxygen atoms in total. The zero-order valence-corrected chi connectivity index (χ0v) is 12.5. The highest BCUT2D eigenvalue weighted by molar-refractivity contribution is 6.45. The van der Waals surface area contributed by atoms with Crippen molar-refractivity contribution in [3.63, 3.8) is 0 Å². The highest BCUT2D eigenvalue weighted by atomic mass is 16.8. The van der Waals surface area contributed by atoms with Gasteiger partial charge in [0.2, 0.25) is 6.29 Å². The lowest BCUT2D eigenvalue weighted by atomic mass is 9.83. The molecule has 0 aliphatic carbocycles. The van der Waals surface area contributed by atoms with E-state index in [-0.39, 0.29) is 13.0 Å². The fraction of sp³-hybridized carbons (Fsp3) is 0.833. The van der Waals surface area contributed by atoms with E-state index in [9.17, 15) is 4.79 Å². The van der Waals surface area contributed by atoms with Crippen LogP contribution >= 0.6 is 0 Å². The van der Waals surface area contributed by atoms with Crippen LogP contribution in [-0.2, 0) is 18.8 Å². The molecule has 0 radical (unpaired) electrons.